The van der Waals surface area contributed by atoms with E-state index >= 15 is 0 Å². The van der Waals surface area contributed by atoms with Gasteiger partial charge < -0.3 is 4.74 Å². The quantitative estimate of drug-likeness (QED) is 0.740. The fourth-order valence-electron chi connectivity index (χ4n) is 1.31. The van der Waals surface area contributed by atoms with Crippen LogP contribution in [0.1, 0.15) is 23.2 Å². The number of hydrogen-bond donors (Lipinski definition) is 0. The summed E-state index contributed by atoms with van der Waals surface area (Å²) in [4.78, 5) is 3.38. The van der Waals surface area contributed by atoms with E-state index in [1.807, 2.05) is 0 Å². The molecule has 0 saturated carbocycles. The summed E-state index contributed by atoms with van der Waals surface area (Å²) in [5.74, 6) is -0.523. The van der Waals surface area contributed by atoms with Gasteiger partial charge in [-0.25, -0.2) is 8.78 Å². The highest BCUT2D eigenvalue weighted by Crippen LogP contribution is 2.41. The van der Waals surface area contributed by atoms with E-state index in [1.165, 1.54) is 6.92 Å². The van der Waals surface area contributed by atoms with Crippen molar-refractivity contribution in [3.63, 3.8) is 0 Å². The van der Waals surface area contributed by atoms with Gasteiger partial charge in [0.15, 0.2) is 0 Å². The zero-order chi connectivity index (χ0) is 12.5. The van der Waals surface area contributed by atoms with Crippen LogP contribution in [-0.2, 0) is 6.18 Å². The van der Waals surface area contributed by atoms with E-state index in [4.69, 9.17) is 0 Å². The van der Waals surface area contributed by atoms with Crippen LogP contribution in [0.4, 0.5) is 22.0 Å². The predicted molar refractivity (Wildman–Crippen MR) is 45.5 cm³/mol. The molecule has 1 rings (SSSR count). The summed E-state index contributed by atoms with van der Waals surface area (Å²) in [6.45, 7) is 1.30. The molecule has 0 bridgehead atoms. The third-order valence-electron chi connectivity index (χ3n) is 1.98. The van der Waals surface area contributed by atoms with Gasteiger partial charge in [-0.05, 0) is 6.92 Å². The Morgan fingerprint density at radius 2 is 1.88 bits per heavy atom. The van der Waals surface area contributed by atoms with E-state index < -0.39 is 29.5 Å². The van der Waals surface area contributed by atoms with Crippen LogP contribution in [0.15, 0.2) is 6.20 Å². The number of aromatic nitrogens is 1. The normalized spacial score (nSPS) is 12.0. The Labute approximate surface area is 88.1 Å². The lowest BCUT2D eigenvalue weighted by Crippen LogP contribution is -2.12. The number of alkyl halides is 5. The first-order valence-electron chi connectivity index (χ1n) is 4.17. The molecule has 1 heterocycles. The maximum absolute atomic E-state index is 12.6. The number of nitrogens with zero attached hydrogens (tertiary/aromatic N) is 1. The van der Waals surface area contributed by atoms with Crippen molar-refractivity contribution in [3.05, 3.63) is 23.0 Å². The van der Waals surface area contributed by atoms with Crippen LogP contribution in [0.5, 0.6) is 5.75 Å². The van der Waals surface area contributed by atoms with Gasteiger partial charge in [0.05, 0.1) is 23.9 Å². The van der Waals surface area contributed by atoms with E-state index in [-0.39, 0.29) is 5.69 Å². The monoisotopic (exact) mass is 241 g/mol. The van der Waals surface area contributed by atoms with Crippen LogP contribution in [0.2, 0.25) is 0 Å². The highest BCUT2D eigenvalue weighted by Gasteiger charge is 2.38. The van der Waals surface area contributed by atoms with Crippen molar-refractivity contribution < 1.29 is 26.7 Å². The fraction of sp³-hybridized carbons (Fsp3) is 0.444. The Morgan fingerprint density at radius 1 is 1.31 bits per heavy atom. The molecule has 0 spiro atoms. The minimum Gasteiger partial charge on any atom is -0.494 e. The number of methoxy groups -OCH3 is 1. The van der Waals surface area contributed by atoms with Gasteiger partial charge in [0.25, 0.3) is 6.43 Å². The number of pyridine rings is 1. The molecule has 0 atom stereocenters. The number of halogens is 5. The summed E-state index contributed by atoms with van der Waals surface area (Å²) in [5, 5.41) is 0. The molecule has 0 radical (unpaired) electrons. The number of ether oxygens (including phenoxy) is 1. The van der Waals surface area contributed by atoms with Crippen molar-refractivity contribution >= 4 is 0 Å². The molecule has 0 N–H and O–H groups in total. The lowest BCUT2D eigenvalue weighted by atomic mass is 10.1. The average molecular weight is 241 g/mol. The molecule has 2 nitrogen and oxygen atoms in total. The largest absolute Gasteiger partial charge is 0.494 e. The Hall–Kier alpha value is -1.40. The minimum atomic E-state index is -4.88. The Balaban J connectivity index is 3.52. The molecule has 0 fully saturated rings. The van der Waals surface area contributed by atoms with Gasteiger partial charge in [-0.15, -0.1) is 0 Å². The molecular formula is C9H8F5NO. The van der Waals surface area contributed by atoms with Gasteiger partial charge >= 0.3 is 6.18 Å². The second-order valence-electron chi connectivity index (χ2n) is 3.00. The van der Waals surface area contributed by atoms with Crippen molar-refractivity contribution in [2.75, 3.05) is 7.11 Å². The Bertz CT molecular complexity index is 388. The zero-order valence-electron chi connectivity index (χ0n) is 8.40. The highest BCUT2D eigenvalue weighted by atomic mass is 19.4. The maximum atomic E-state index is 12.6. The first-order valence-corrected chi connectivity index (χ1v) is 4.17. The summed E-state index contributed by atoms with van der Waals surface area (Å²) in [6, 6.07) is 0. The van der Waals surface area contributed by atoms with E-state index in [2.05, 4.69) is 9.72 Å². The SMILES string of the molecule is COc1c(C)ncc(C(F)(F)F)c1C(F)F. The lowest BCUT2D eigenvalue weighted by molar-refractivity contribution is -0.140. The van der Waals surface area contributed by atoms with Gasteiger partial charge in [-0.2, -0.15) is 13.2 Å². The molecule has 0 aliphatic heterocycles. The van der Waals surface area contributed by atoms with Crippen LogP contribution in [0.25, 0.3) is 0 Å². The molecule has 90 valence electrons. The molecule has 0 amide bonds. The molecular weight excluding hydrogens is 233 g/mol. The standard InChI is InChI=1S/C9H8F5NO/c1-4-7(16-2)6(8(10)11)5(3-15-4)9(12,13)14/h3,8H,1-2H3. The van der Waals surface area contributed by atoms with Gasteiger partial charge in [0.2, 0.25) is 0 Å². The third-order valence-corrected chi connectivity index (χ3v) is 1.98. The predicted octanol–water partition coefficient (Wildman–Crippen LogP) is 3.36. The molecule has 0 unspecified atom stereocenters. The van der Waals surface area contributed by atoms with E-state index in [9.17, 15) is 22.0 Å². The first kappa shape index (κ1) is 12.7. The van der Waals surface area contributed by atoms with Crippen molar-refractivity contribution in [3.8, 4) is 5.75 Å². The first-order chi connectivity index (χ1) is 7.29. The molecule has 0 aromatic carbocycles. The smallest absolute Gasteiger partial charge is 0.418 e. The summed E-state index contributed by atoms with van der Waals surface area (Å²) < 4.78 is 67.0. The summed E-state index contributed by atoms with van der Waals surface area (Å²) >= 11 is 0. The topological polar surface area (TPSA) is 22.1 Å². The summed E-state index contributed by atoms with van der Waals surface area (Å²) in [7, 11) is 1.02. The molecule has 1 aromatic heterocycles. The zero-order valence-corrected chi connectivity index (χ0v) is 8.40. The van der Waals surface area contributed by atoms with Crippen LogP contribution in [-0.4, -0.2) is 12.1 Å². The van der Waals surface area contributed by atoms with Gasteiger partial charge in [0.1, 0.15) is 5.75 Å². The summed E-state index contributed by atoms with van der Waals surface area (Å²) in [5.41, 5.74) is -2.64. The van der Waals surface area contributed by atoms with Gasteiger partial charge in [0, 0.05) is 6.20 Å². The Morgan fingerprint density at radius 3 is 2.25 bits per heavy atom. The van der Waals surface area contributed by atoms with Crippen molar-refractivity contribution in [1.82, 2.24) is 4.98 Å². The second kappa shape index (κ2) is 4.23. The van der Waals surface area contributed by atoms with Crippen molar-refractivity contribution in [2.24, 2.45) is 0 Å². The van der Waals surface area contributed by atoms with Crippen LogP contribution in [0, 0.1) is 6.92 Å². The van der Waals surface area contributed by atoms with E-state index in [1.54, 1.807) is 0 Å². The molecule has 0 aliphatic carbocycles. The second-order valence-corrected chi connectivity index (χ2v) is 3.00. The molecule has 7 heteroatoms. The molecule has 0 saturated heterocycles. The van der Waals surface area contributed by atoms with Crippen LogP contribution >= 0.6 is 0 Å². The van der Waals surface area contributed by atoms with Gasteiger partial charge in [-0.1, -0.05) is 0 Å². The number of aryl methyl sites for hydroxylation is 1. The molecule has 16 heavy (non-hydrogen) atoms. The molecule has 0 aliphatic rings. The Kier molecular flexibility index (Phi) is 3.35. The number of hydrogen-bond acceptors (Lipinski definition) is 2. The lowest BCUT2D eigenvalue weighted by Gasteiger charge is -2.16. The summed E-state index contributed by atoms with van der Waals surface area (Å²) in [6.07, 6.45) is -7.76. The van der Waals surface area contributed by atoms with Gasteiger partial charge in [-0.3, -0.25) is 4.98 Å². The average Bonchev–Trinajstić information content (AvgIpc) is 2.14. The third kappa shape index (κ3) is 2.23. The van der Waals surface area contributed by atoms with Crippen LogP contribution in [0.3, 0.4) is 0 Å². The highest BCUT2D eigenvalue weighted by molar-refractivity contribution is 5.44. The molecule has 1 aromatic rings. The number of rotatable bonds is 2. The van der Waals surface area contributed by atoms with E-state index in [0.717, 1.165) is 7.11 Å². The minimum absolute atomic E-state index is 0.00852. The maximum Gasteiger partial charge on any atom is 0.418 e. The van der Waals surface area contributed by atoms with E-state index in [0.29, 0.717) is 6.20 Å². The van der Waals surface area contributed by atoms with Crippen molar-refractivity contribution in [2.45, 2.75) is 19.5 Å². The van der Waals surface area contributed by atoms with Crippen LogP contribution < -0.4 is 4.74 Å². The fourth-order valence-corrected chi connectivity index (χ4v) is 1.31. The van der Waals surface area contributed by atoms with Crippen molar-refractivity contribution in [1.29, 1.82) is 0 Å².